The summed E-state index contributed by atoms with van der Waals surface area (Å²) in [5.74, 6) is -0.148. The molecule has 84 valence electrons. The Labute approximate surface area is 92.9 Å². The van der Waals surface area contributed by atoms with Gasteiger partial charge in [0.15, 0.2) is 0 Å². The van der Waals surface area contributed by atoms with Crippen LogP contribution in [0.4, 0.5) is 0 Å². The highest BCUT2D eigenvalue weighted by atomic mass is 16.2. The zero-order chi connectivity index (χ0) is 11.5. The molecule has 0 bridgehead atoms. The first kappa shape index (κ1) is 10.4. The summed E-state index contributed by atoms with van der Waals surface area (Å²) in [6.07, 6.45) is 3.43. The van der Waals surface area contributed by atoms with E-state index in [2.05, 4.69) is 15.5 Å². The zero-order valence-corrected chi connectivity index (χ0v) is 9.21. The minimum absolute atomic E-state index is 0.148. The van der Waals surface area contributed by atoms with E-state index in [0.29, 0.717) is 12.2 Å². The van der Waals surface area contributed by atoms with Crippen LogP contribution in [0, 0.1) is 0 Å². The molecular weight excluding hydrogens is 206 g/mol. The number of carbonyl (C=O) groups is 1. The lowest BCUT2D eigenvalue weighted by atomic mass is 10.3. The molecule has 2 heterocycles. The Bertz CT molecular complexity index is 499. The molecule has 0 aromatic carbocycles. The Morgan fingerprint density at radius 3 is 2.81 bits per heavy atom. The van der Waals surface area contributed by atoms with Crippen molar-refractivity contribution < 1.29 is 4.79 Å². The van der Waals surface area contributed by atoms with Crippen LogP contribution in [-0.4, -0.2) is 25.5 Å². The lowest BCUT2D eigenvalue weighted by molar-refractivity contribution is 0.0941. The molecule has 0 radical (unpaired) electrons. The quantitative estimate of drug-likeness (QED) is 0.795. The summed E-state index contributed by atoms with van der Waals surface area (Å²) in [5.41, 5.74) is 1.37. The number of nitrogens with zero attached hydrogens (tertiary/aromatic N) is 4. The number of rotatable bonds is 3. The first-order valence-electron chi connectivity index (χ1n) is 4.91. The molecule has 2 aromatic heterocycles. The normalized spacial score (nSPS) is 10.4. The van der Waals surface area contributed by atoms with Crippen molar-refractivity contribution in [1.82, 2.24) is 24.9 Å². The predicted octanol–water partition coefficient (Wildman–Crippen LogP) is 0.0836. The molecule has 2 rings (SSSR count). The van der Waals surface area contributed by atoms with Gasteiger partial charge in [0.2, 0.25) is 0 Å². The third-order valence-corrected chi connectivity index (χ3v) is 2.25. The summed E-state index contributed by atoms with van der Waals surface area (Å²) in [6, 6.07) is 3.54. The molecule has 1 amide bonds. The lowest BCUT2D eigenvalue weighted by Crippen LogP contribution is -2.25. The fourth-order valence-electron chi connectivity index (χ4n) is 1.42. The van der Waals surface area contributed by atoms with Gasteiger partial charge in [0.1, 0.15) is 5.69 Å². The molecule has 0 aliphatic rings. The molecular formula is C10H13N5O. The van der Waals surface area contributed by atoms with E-state index in [4.69, 9.17) is 0 Å². The standard InChI is InChI=1S/C10H13N5O/c1-14-6-4-8(13-14)7-11-10(16)9-3-5-12-15(9)2/h3-6H,7H2,1-2H3,(H,11,16). The molecule has 6 heteroatoms. The van der Waals surface area contributed by atoms with Crippen molar-refractivity contribution in [2.75, 3.05) is 0 Å². The first-order valence-corrected chi connectivity index (χ1v) is 4.91. The van der Waals surface area contributed by atoms with Gasteiger partial charge in [-0.25, -0.2) is 0 Å². The SMILES string of the molecule is Cn1ccc(CNC(=O)c2ccnn2C)n1. The average molecular weight is 219 g/mol. The molecule has 2 aromatic rings. The molecule has 0 aliphatic heterocycles. The van der Waals surface area contributed by atoms with Crippen molar-refractivity contribution in [2.24, 2.45) is 14.1 Å². The van der Waals surface area contributed by atoms with Crippen LogP contribution in [0.15, 0.2) is 24.5 Å². The Balaban J connectivity index is 1.96. The summed E-state index contributed by atoms with van der Waals surface area (Å²) in [4.78, 5) is 11.7. The number of amides is 1. The molecule has 0 unspecified atom stereocenters. The van der Waals surface area contributed by atoms with E-state index in [0.717, 1.165) is 5.69 Å². The number of aromatic nitrogens is 4. The highest BCUT2D eigenvalue weighted by molar-refractivity contribution is 5.92. The second-order valence-corrected chi connectivity index (χ2v) is 3.50. The van der Waals surface area contributed by atoms with E-state index in [1.165, 1.54) is 4.68 Å². The summed E-state index contributed by atoms with van der Waals surface area (Å²) in [5, 5.41) is 10.9. The second kappa shape index (κ2) is 4.18. The second-order valence-electron chi connectivity index (χ2n) is 3.50. The van der Waals surface area contributed by atoms with E-state index in [1.807, 2.05) is 19.3 Å². The van der Waals surface area contributed by atoms with Gasteiger partial charge in [-0.3, -0.25) is 14.2 Å². The topological polar surface area (TPSA) is 64.7 Å². The largest absolute Gasteiger partial charge is 0.345 e. The maximum atomic E-state index is 11.7. The van der Waals surface area contributed by atoms with E-state index >= 15 is 0 Å². The molecule has 6 nitrogen and oxygen atoms in total. The van der Waals surface area contributed by atoms with Crippen LogP contribution in [0.3, 0.4) is 0 Å². The van der Waals surface area contributed by atoms with E-state index in [9.17, 15) is 4.79 Å². The molecule has 0 saturated heterocycles. The average Bonchev–Trinajstić information content (AvgIpc) is 2.84. The third kappa shape index (κ3) is 2.10. The van der Waals surface area contributed by atoms with Crippen LogP contribution in [0.2, 0.25) is 0 Å². The van der Waals surface area contributed by atoms with E-state index in [1.54, 1.807) is 24.0 Å². The maximum Gasteiger partial charge on any atom is 0.269 e. The smallest absolute Gasteiger partial charge is 0.269 e. The number of hydrogen-bond acceptors (Lipinski definition) is 3. The predicted molar refractivity (Wildman–Crippen MR) is 57.6 cm³/mol. The first-order chi connectivity index (χ1) is 7.66. The van der Waals surface area contributed by atoms with Gasteiger partial charge in [0.25, 0.3) is 5.91 Å². The lowest BCUT2D eigenvalue weighted by Gasteiger charge is -2.02. The van der Waals surface area contributed by atoms with Crippen molar-refractivity contribution in [1.29, 1.82) is 0 Å². The molecule has 0 atom stereocenters. The van der Waals surface area contributed by atoms with Gasteiger partial charge in [-0.15, -0.1) is 0 Å². The van der Waals surface area contributed by atoms with Gasteiger partial charge < -0.3 is 5.32 Å². The van der Waals surface area contributed by atoms with Gasteiger partial charge in [0.05, 0.1) is 12.2 Å². The fraction of sp³-hybridized carbons (Fsp3) is 0.300. The van der Waals surface area contributed by atoms with Gasteiger partial charge in [-0.2, -0.15) is 10.2 Å². The highest BCUT2D eigenvalue weighted by Crippen LogP contribution is 1.98. The summed E-state index contributed by atoms with van der Waals surface area (Å²) >= 11 is 0. The van der Waals surface area contributed by atoms with Gasteiger partial charge in [0, 0.05) is 26.5 Å². The summed E-state index contributed by atoms with van der Waals surface area (Å²) in [7, 11) is 3.57. The number of carbonyl (C=O) groups excluding carboxylic acids is 1. The van der Waals surface area contributed by atoms with Gasteiger partial charge in [-0.1, -0.05) is 0 Å². The summed E-state index contributed by atoms with van der Waals surface area (Å²) < 4.78 is 3.24. The summed E-state index contributed by atoms with van der Waals surface area (Å²) in [6.45, 7) is 0.421. The van der Waals surface area contributed by atoms with Crippen molar-refractivity contribution in [3.05, 3.63) is 35.9 Å². The molecule has 1 N–H and O–H groups in total. The minimum atomic E-state index is -0.148. The Kier molecular flexibility index (Phi) is 2.72. The molecule has 0 spiro atoms. The van der Waals surface area contributed by atoms with Crippen molar-refractivity contribution in [2.45, 2.75) is 6.54 Å². The molecule has 0 fully saturated rings. The number of aryl methyl sites for hydroxylation is 2. The van der Waals surface area contributed by atoms with Crippen LogP contribution < -0.4 is 5.32 Å². The van der Waals surface area contributed by atoms with E-state index in [-0.39, 0.29) is 5.91 Å². The molecule has 0 aliphatic carbocycles. The monoisotopic (exact) mass is 219 g/mol. The Morgan fingerprint density at radius 2 is 2.25 bits per heavy atom. The maximum absolute atomic E-state index is 11.7. The van der Waals surface area contributed by atoms with Gasteiger partial charge >= 0.3 is 0 Å². The van der Waals surface area contributed by atoms with Crippen molar-refractivity contribution in [3.8, 4) is 0 Å². The van der Waals surface area contributed by atoms with Crippen molar-refractivity contribution in [3.63, 3.8) is 0 Å². The molecule has 0 saturated carbocycles. The fourth-order valence-corrected chi connectivity index (χ4v) is 1.42. The van der Waals surface area contributed by atoms with Gasteiger partial charge in [-0.05, 0) is 12.1 Å². The van der Waals surface area contributed by atoms with Crippen LogP contribution in [0.25, 0.3) is 0 Å². The van der Waals surface area contributed by atoms with E-state index < -0.39 is 0 Å². The Hall–Kier alpha value is -2.11. The molecule has 16 heavy (non-hydrogen) atoms. The number of hydrogen-bond donors (Lipinski definition) is 1. The van der Waals surface area contributed by atoms with Crippen LogP contribution in [-0.2, 0) is 20.6 Å². The van der Waals surface area contributed by atoms with Crippen LogP contribution >= 0.6 is 0 Å². The number of nitrogens with one attached hydrogen (secondary N) is 1. The van der Waals surface area contributed by atoms with Crippen LogP contribution in [0.5, 0.6) is 0 Å². The third-order valence-electron chi connectivity index (χ3n) is 2.25. The highest BCUT2D eigenvalue weighted by Gasteiger charge is 2.09. The Morgan fingerprint density at radius 1 is 1.44 bits per heavy atom. The minimum Gasteiger partial charge on any atom is -0.345 e. The zero-order valence-electron chi connectivity index (χ0n) is 9.21. The van der Waals surface area contributed by atoms with Crippen molar-refractivity contribution >= 4 is 5.91 Å². The van der Waals surface area contributed by atoms with Crippen LogP contribution in [0.1, 0.15) is 16.2 Å².